The van der Waals surface area contributed by atoms with Gasteiger partial charge in [-0.3, -0.25) is 14.8 Å². The number of hydrogen-bond donors (Lipinski definition) is 2. The topological polar surface area (TPSA) is 101 Å². The standard InChI is InChI=1S/C17H21N3O4S/c1-12(2)13(3)18-16-10-9-15(11-17(16)20(21)22)25(23,24)19-14-7-5-4-6-8-14/h4-13,18-19H,1-3H3. The fourth-order valence-corrected chi connectivity index (χ4v) is 3.16. The Morgan fingerprint density at radius 3 is 2.24 bits per heavy atom. The molecule has 0 aliphatic carbocycles. The van der Waals surface area contributed by atoms with Crippen LogP contribution >= 0.6 is 0 Å². The van der Waals surface area contributed by atoms with Gasteiger partial charge in [0.15, 0.2) is 0 Å². The van der Waals surface area contributed by atoms with Gasteiger partial charge >= 0.3 is 0 Å². The molecule has 0 saturated carbocycles. The van der Waals surface area contributed by atoms with E-state index in [1.807, 2.05) is 20.8 Å². The second-order valence-electron chi connectivity index (χ2n) is 6.08. The zero-order valence-electron chi connectivity index (χ0n) is 14.3. The van der Waals surface area contributed by atoms with Crippen molar-refractivity contribution in [3.8, 4) is 0 Å². The summed E-state index contributed by atoms with van der Waals surface area (Å²) in [7, 11) is -3.91. The number of rotatable bonds is 7. The van der Waals surface area contributed by atoms with Crippen LogP contribution in [0.25, 0.3) is 0 Å². The van der Waals surface area contributed by atoms with Gasteiger partial charge in [0.1, 0.15) is 5.69 Å². The van der Waals surface area contributed by atoms with Crippen LogP contribution in [-0.2, 0) is 10.0 Å². The van der Waals surface area contributed by atoms with E-state index in [1.165, 1.54) is 12.1 Å². The second-order valence-corrected chi connectivity index (χ2v) is 7.77. The third-order valence-corrected chi connectivity index (χ3v) is 5.26. The summed E-state index contributed by atoms with van der Waals surface area (Å²) in [6, 6.07) is 12.2. The van der Waals surface area contributed by atoms with Gasteiger partial charge < -0.3 is 5.32 Å². The Labute approximate surface area is 147 Å². The number of nitrogens with zero attached hydrogens (tertiary/aromatic N) is 1. The van der Waals surface area contributed by atoms with Crippen molar-refractivity contribution in [3.05, 3.63) is 58.6 Å². The molecule has 134 valence electrons. The zero-order chi connectivity index (χ0) is 18.6. The highest BCUT2D eigenvalue weighted by Gasteiger charge is 2.22. The van der Waals surface area contributed by atoms with Crippen LogP contribution in [0.15, 0.2) is 53.4 Å². The number of benzene rings is 2. The third-order valence-electron chi connectivity index (χ3n) is 3.89. The van der Waals surface area contributed by atoms with E-state index in [1.54, 1.807) is 30.3 Å². The molecule has 0 amide bonds. The van der Waals surface area contributed by atoms with E-state index >= 15 is 0 Å². The Bertz CT molecular complexity index is 851. The van der Waals surface area contributed by atoms with Crippen molar-refractivity contribution in [2.45, 2.75) is 31.7 Å². The largest absolute Gasteiger partial charge is 0.377 e. The first-order valence-corrected chi connectivity index (χ1v) is 9.32. The van der Waals surface area contributed by atoms with Gasteiger partial charge in [-0.05, 0) is 37.1 Å². The van der Waals surface area contributed by atoms with Crippen LogP contribution in [0, 0.1) is 16.0 Å². The van der Waals surface area contributed by atoms with Crippen LogP contribution in [0.2, 0.25) is 0 Å². The van der Waals surface area contributed by atoms with E-state index in [0.717, 1.165) is 6.07 Å². The van der Waals surface area contributed by atoms with Gasteiger partial charge in [-0.2, -0.15) is 0 Å². The van der Waals surface area contributed by atoms with Crippen LogP contribution in [0.4, 0.5) is 17.1 Å². The maximum absolute atomic E-state index is 12.5. The smallest absolute Gasteiger partial charge is 0.293 e. The fraction of sp³-hybridized carbons (Fsp3) is 0.294. The Morgan fingerprint density at radius 1 is 1.04 bits per heavy atom. The molecule has 0 spiro atoms. The quantitative estimate of drug-likeness (QED) is 0.575. The molecule has 0 bridgehead atoms. The van der Waals surface area contributed by atoms with Crippen molar-refractivity contribution in [1.29, 1.82) is 0 Å². The summed E-state index contributed by atoms with van der Waals surface area (Å²) < 4.78 is 27.3. The van der Waals surface area contributed by atoms with Gasteiger partial charge in [0.05, 0.1) is 9.82 Å². The van der Waals surface area contributed by atoms with Crippen molar-refractivity contribution in [1.82, 2.24) is 0 Å². The van der Waals surface area contributed by atoms with E-state index in [4.69, 9.17) is 0 Å². The molecule has 1 atom stereocenters. The molecule has 2 aromatic carbocycles. The minimum atomic E-state index is -3.91. The predicted octanol–water partition coefficient (Wildman–Crippen LogP) is 3.85. The lowest BCUT2D eigenvalue weighted by Crippen LogP contribution is -2.22. The Morgan fingerprint density at radius 2 is 1.68 bits per heavy atom. The van der Waals surface area contributed by atoms with E-state index in [9.17, 15) is 18.5 Å². The lowest BCUT2D eigenvalue weighted by atomic mass is 10.1. The Kier molecular flexibility index (Phi) is 5.63. The van der Waals surface area contributed by atoms with Crippen LogP contribution in [0.5, 0.6) is 0 Å². The summed E-state index contributed by atoms with van der Waals surface area (Å²) in [6.07, 6.45) is 0. The van der Waals surface area contributed by atoms with E-state index in [2.05, 4.69) is 10.0 Å². The van der Waals surface area contributed by atoms with Crippen LogP contribution in [0.1, 0.15) is 20.8 Å². The SMILES string of the molecule is CC(C)C(C)Nc1ccc(S(=O)(=O)Nc2ccccc2)cc1[N+](=O)[O-]. The molecule has 0 radical (unpaired) electrons. The van der Waals surface area contributed by atoms with E-state index in [0.29, 0.717) is 11.4 Å². The molecular formula is C17H21N3O4S. The minimum absolute atomic E-state index is 0.00333. The average Bonchev–Trinajstić information content (AvgIpc) is 2.55. The summed E-state index contributed by atoms with van der Waals surface area (Å²) in [4.78, 5) is 10.6. The highest BCUT2D eigenvalue weighted by Crippen LogP contribution is 2.29. The molecule has 25 heavy (non-hydrogen) atoms. The molecule has 0 aliphatic heterocycles. The number of nitro groups is 1. The summed E-state index contributed by atoms with van der Waals surface area (Å²) in [6.45, 7) is 5.90. The van der Waals surface area contributed by atoms with Gasteiger partial charge in [-0.1, -0.05) is 32.0 Å². The monoisotopic (exact) mass is 363 g/mol. The predicted molar refractivity (Wildman–Crippen MR) is 98.3 cm³/mol. The maximum Gasteiger partial charge on any atom is 0.293 e. The van der Waals surface area contributed by atoms with Gasteiger partial charge in [0, 0.05) is 17.8 Å². The molecule has 0 fully saturated rings. The van der Waals surface area contributed by atoms with E-state index < -0.39 is 14.9 Å². The van der Waals surface area contributed by atoms with Gasteiger partial charge in [0.2, 0.25) is 0 Å². The normalized spacial score (nSPS) is 12.6. The average molecular weight is 363 g/mol. The highest BCUT2D eigenvalue weighted by atomic mass is 32.2. The third kappa shape index (κ3) is 4.69. The molecule has 0 aromatic heterocycles. The molecule has 2 N–H and O–H groups in total. The Hall–Kier alpha value is -2.61. The molecule has 8 heteroatoms. The Balaban J connectivity index is 2.36. The van der Waals surface area contributed by atoms with Crippen molar-refractivity contribution >= 4 is 27.1 Å². The molecule has 7 nitrogen and oxygen atoms in total. The number of nitrogens with one attached hydrogen (secondary N) is 2. The summed E-state index contributed by atoms with van der Waals surface area (Å²) in [5.74, 6) is 0.266. The zero-order valence-corrected chi connectivity index (χ0v) is 15.1. The first kappa shape index (κ1) is 18.7. The van der Waals surface area contributed by atoms with Crippen LogP contribution in [0.3, 0.4) is 0 Å². The lowest BCUT2D eigenvalue weighted by Gasteiger charge is -2.19. The van der Waals surface area contributed by atoms with Crippen molar-refractivity contribution in [2.75, 3.05) is 10.0 Å². The van der Waals surface area contributed by atoms with Crippen molar-refractivity contribution < 1.29 is 13.3 Å². The molecule has 2 aromatic rings. The number of anilines is 2. The molecule has 0 aliphatic rings. The maximum atomic E-state index is 12.5. The first-order chi connectivity index (χ1) is 11.7. The van der Waals surface area contributed by atoms with E-state index in [-0.39, 0.29) is 22.5 Å². The van der Waals surface area contributed by atoms with Gasteiger partial charge in [0.25, 0.3) is 15.7 Å². The molecule has 2 rings (SSSR count). The molecule has 0 heterocycles. The molecule has 1 unspecified atom stereocenters. The number of nitro benzene ring substituents is 1. The van der Waals surface area contributed by atoms with Crippen molar-refractivity contribution in [2.24, 2.45) is 5.92 Å². The van der Waals surface area contributed by atoms with Crippen molar-refractivity contribution in [3.63, 3.8) is 0 Å². The summed E-state index contributed by atoms with van der Waals surface area (Å²) in [5.41, 5.74) is 0.411. The molecule has 0 saturated heterocycles. The number of hydrogen-bond acceptors (Lipinski definition) is 5. The summed E-state index contributed by atoms with van der Waals surface area (Å²) in [5, 5.41) is 14.4. The van der Waals surface area contributed by atoms with Crippen LogP contribution in [-0.4, -0.2) is 19.4 Å². The number of sulfonamides is 1. The first-order valence-electron chi connectivity index (χ1n) is 7.83. The highest BCUT2D eigenvalue weighted by molar-refractivity contribution is 7.92. The second kappa shape index (κ2) is 7.52. The van der Waals surface area contributed by atoms with Gasteiger partial charge in [-0.25, -0.2) is 8.42 Å². The molecular weight excluding hydrogens is 342 g/mol. The van der Waals surface area contributed by atoms with Gasteiger partial charge in [-0.15, -0.1) is 0 Å². The number of para-hydroxylation sites is 1. The lowest BCUT2D eigenvalue weighted by molar-refractivity contribution is -0.384. The minimum Gasteiger partial charge on any atom is -0.377 e. The fourth-order valence-electron chi connectivity index (χ4n) is 2.08. The van der Waals surface area contributed by atoms with Crippen LogP contribution < -0.4 is 10.0 Å². The summed E-state index contributed by atoms with van der Waals surface area (Å²) >= 11 is 0.